The van der Waals surface area contributed by atoms with Gasteiger partial charge in [-0.15, -0.1) is 0 Å². The number of rotatable bonds is 4. The maximum absolute atomic E-state index is 10.5. The van der Waals surface area contributed by atoms with Crippen molar-refractivity contribution in [1.82, 2.24) is 0 Å². The van der Waals surface area contributed by atoms with Gasteiger partial charge in [-0.25, -0.2) is 9.13 Å². The predicted molar refractivity (Wildman–Crippen MR) is 39.0 cm³/mol. The summed E-state index contributed by atoms with van der Waals surface area (Å²) in [6.45, 7) is 2.85. The van der Waals surface area contributed by atoms with Crippen LogP contribution in [-0.4, -0.2) is 14.7 Å². The molecule has 0 aliphatic carbocycles. The van der Waals surface area contributed by atoms with Crippen molar-refractivity contribution in [2.24, 2.45) is 0 Å². The summed E-state index contributed by atoms with van der Waals surface area (Å²) in [6.07, 6.45) is 0. The molecule has 3 N–H and O–H groups in total. The fourth-order valence-electron chi connectivity index (χ4n) is 0.276. The third-order valence-corrected chi connectivity index (χ3v) is 2.74. The minimum absolute atomic E-state index is 0.714. The smallest absolute Gasteiger partial charge is 0.393 e. The highest BCUT2D eigenvalue weighted by molar-refractivity contribution is 7.60. The first kappa shape index (κ1) is 12.1. The molecule has 0 heterocycles. The van der Waals surface area contributed by atoms with E-state index in [9.17, 15) is 9.13 Å². The molecule has 0 aliphatic rings. The SMILES string of the molecule is C=C(Cl)OP(=O)(O)OP(=O)(O)O. The Hall–Kier alpha value is 0.130. The summed E-state index contributed by atoms with van der Waals surface area (Å²) in [5, 5.41) is -0.714. The molecule has 12 heavy (non-hydrogen) atoms. The lowest BCUT2D eigenvalue weighted by Crippen LogP contribution is -1.90. The fourth-order valence-corrected chi connectivity index (χ4v) is 2.00. The molecule has 0 spiro atoms. The maximum atomic E-state index is 10.5. The number of hydrogen-bond donors (Lipinski definition) is 3. The summed E-state index contributed by atoms with van der Waals surface area (Å²) < 4.78 is 27.7. The Labute approximate surface area is 72.4 Å². The van der Waals surface area contributed by atoms with Crippen molar-refractivity contribution >= 4 is 27.2 Å². The van der Waals surface area contributed by atoms with E-state index in [1.165, 1.54) is 0 Å². The Bertz CT molecular complexity index is 267. The highest BCUT2D eigenvalue weighted by atomic mass is 35.5. The Balaban J connectivity index is 4.35. The van der Waals surface area contributed by atoms with Gasteiger partial charge in [-0.1, -0.05) is 0 Å². The number of hydrogen-bond acceptors (Lipinski definition) is 4. The summed E-state index contributed by atoms with van der Waals surface area (Å²) in [6, 6.07) is 0. The zero-order chi connectivity index (χ0) is 9.99. The first-order valence-electron chi connectivity index (χ1n) is 2.26. The third kappa shape index (κ3) is 6.82. The Kier molecular flexibility index (Phi) is 3.93. The number of phosphoric ester groups is 1. The average Bonchev–Trinajstić information content (AvgIpc) is 1.48. The van der Waals surface area contributed by atoms with E-state index in [0.717, 1.165) is 0 Å². The zero-order valence-electron chi connectivity index (χ0n) is 5.45. The molecule has 0 saturated heterocycles. The van der Waals surface area contributed by atoms with E-state index in [1.807, 2.05) is 0 Å². The predicted octanol–water partition coefficient (Wildman–Crippen LogP) is 0.923. The zero-order valence-corrected chi connectivity index (χ0v) is 8.00. The molecule has 0 bridgehead atoms. The van der Waals surface area contributed by atoms with E-state index in [0.29, 0.717) is 0 Å². The van der Waals surface area contributed by atoms with Gasteiger partial charge in [-0.2, -0.15) is 4.31 Å². The second-order valence-corrected chi connectivity index (χ2v) is 4.66. The van der Waals surface area contributed by atoms with Crippen LogP contribution in [0.4, 0.5) is 0 Å². The van der Waals surface area contributed by atoms with Crippen molar-refractivity contribution in [2.75, 3.05) is 0 Å². The van der Waals surface area contributed by atoms with Gasteiger partial charge in [0.2, 0.25) is 0 Å². The molecule has 1 unspecified atom stereocenters. The van der Waals surface area contributed by atoms with Crippen LogP contribution in [0.25, 0.3) is 0 Å². The lowest BCUT2D eigenvalue weighted by Gasteiger charge is -2.11. The van der Waals surface area contributed by atoms with Crippen LogP contribution in [0.2, 0.25) is 0 Å². The minimum atomic E-state index is -5.08. The normalized spacial score (nSPS) is 16.7. The van der Waals surface area contributed by atoms with Gasteiger partial charge in [0.05, 0.1) is 0 Å². The van der Waals surface area contributed by atoms with E-state index < -0.39 is 20.9 Å². The topological polar surface area (TPSA) is 113 Å². The van der Waals surface area contributed by atoms with Crippen molar-refractivity contribution in [3.63, 3.8) is 0 Å². The third-order valence-electron chi connectivity index (χ3n) is 0.424. The summed E-state index contributed by atoms with van der Waals surface area (Å²) in [5.41, 5.74) is 0. The highest BCUT2D eigenvalue weighted by Gasteiger charge is 2.33. The summed E-state index contributed by atoms with van der Waals surface area (Å²) in [4.78, 5) is 24.6. The Morgan fingerprint density at radius 2 is 1.75 bits per heavy atom. The molecule has 0 rings (SSSR count). The van der Waals surface area contributed by atoms with Crippen molar-refractivity contribution in [3.05, 3.63) is 11.8 Å². The molecule has 1 atom stereocenters. The number of phosphoric acid groups is 2. The largest absolute Gasteiger partial charge is 0.537 e. The fraction of sp³-hybridized carbons (Fsp3) is 0. The van der Waals surface area contributed by atoms with Gasteiger partial charge < -0.3 is 14.3 Å². The molecule has 0 aliphatic heterocycles. The van der Waals surface area contributed by atoms with E-state index >= 15 is 0 Å². The Morgan fingerprint density at radius 1 is 1.33 bits per heavy atom. The van der Waals surface area contributed by atoms with Crippen LogP contribution >= 0.6 is 27.2 Å². The van der Waals surface area contributed by atoms with Gasteiger partial charge in [-0.3, -0.25) is 4.89 Å². The second-order valence-electron chi connectivity index (χ2n) is 1.49. The van der Waals surface area contributed by atoms with Gasteiger partial charge in [-0.05, 0) is 18.2 Å². The van der Waals surface area contributed by atoms with Gasteiger partial charge in [0.15, 0.2) is 5.22 Å². The van der Waals surface area contributed by atoms with Gasteiger partial charge in [0.25, 0.3) is 0 Å². The molecule has 10 heteroatoms. The van der Waals surface area contributed by atoms with Gasteiger partial charge >= 0.3 is 15.6 Å². The van der Waals surface area contributed by atoms with Crippen molar-refractivity contribution in [3.8, 4) is 0 Å². The molecule has 0 saturated carbocycles. The minimum Gasteiger partial charge on any atom is -0.393 e. The lowest BCUT2D eigenvalue weighted by atomic mass is 11.2. The van der Waals surface area contributed by atoms with E-state index in [4.69, 9.17) is 26.3 Å². The lowest BCUT2D eigenvalue weighted by molar-refractivity contribution is 0.214. The van der Waals surface area contributed by atoms with Gasteiger partial charge in [0.1, 0.15) is 0 Å². The van der Waals surface area contributed by atoms with Gasteiger partial charge in [0, 0.05) is 0 Å². The van der Waals surface area contributed by atoms with E-state index in [1.54, 1.807) is 0 Å². The molecular weight excluding hydrogens is 233 g/mol. The second kappa shape index (κ2) is 3.89. The van der Waals surface area contributed by atoms with Crippen LogP contribution in [0, 0.1) is 0 Å². The van der Waals surface area contributed by atoms with E-state index in [2.05, 4.69) is 15.4 Å². The molecule has 7 nitrogen and oxygen atoms in total. The van der Waals surface area contributed by atoms with Crippen LogP contribution < -0.4 is 0 Å². The van der Waals surface area contributed by atoms with Crippen LogP contribution in [-0.2, 0) is 18.0 Å². The molecule has 0 fully saturated rings. The van der Waals surface area contributed by atoms with E-state index in [-0.39, 0.29) is 0 Å². The van der Waals surface area contributed by atoms with Crippen molar-refractivity contribution < 1.29 is 32.6 Å². The Morgan fingerprint density at radius 3 is 2.00 bits per heavy atom. The highest BCUT2D eigenvalue weighted by Crippen LogP contribution is 2.58. The summed E-state index contributed by atoms with van der Waals surface area (Å²) in [5.74, 6) is 0. The maximum Gasteiger partial charge on any atom is 0.537 e. The monoisotopic (exact) mass is 238 g/mol. The van der Waals surface area contributed by atoms with Crippen molar-refractivity contribution in [2.45, 2.75) is 0 Å². The molecule has 0 amide bonds. The molecule has 0 aromatic carbocycles. The van der Waals surface area contributed by atoms with Crippen LogP contribution in [0.1, 0.15) is 0 Å². The quantitative estimate of drug-likeness (QED) is 0.493. The van der Waals surface area contributed by atoms with Crippen LogP contribution in [0.5, 0.6) is 0 Å². The van der Waals surface area contributed by atoms with Crippen LogP contribution in [0.3, 0.4) is 0 Å². The van der Waals surface area contributed by atoms with Crippen molar-refractivity contribution in [1.29, 1.82) is 0 Å². The first-order valence-corrected chi connectivity index (χ1v) is 5.66. The summed E-state index contributed by atoms with van der Waals surface area (Å²) >= 11 is 4.91. The molecule has 0 aromatic rings. The average molecular weight is 238 g/mol. The standard InChI is InChI=1S/C2H5ClO7P2/c1-2(3)9-12(7,8)10-11(4,5)6/h1H2,(H,7,8)(H2,4,5,6). The number of halogens is 1. The molecule has 0 aromatic heterocycles. The molecule has 72 valence electrons. The summed E-state index contributed by atoms with van der Waals surface area (Å²) in [7, 11) is -9.95. The molecule has 0 radical (unpaired) electrons. The van der Waals surface area contributed by atoms with Crippen LogP contribution in [0.15, 0.2) is 11.8 Å². The molecular formula is C2H5ClO7P2. The first-order chi connectivity index (χ1) is 5.12.